The third-order valence-corrected chi connectivity index (χ3v) is 4.04. The van der Waals surface area contributed by atoms with Crippen molar-refractivity contribution in [2.75, 3.05) is 20.2 Å². The molecule has 4 heteroatoms. The molecule has 0 unspecified atom stereocenters. The Kier molecular flexibility index (Phi) is 3.68. The van der Waals surface area contributed by atoms with Crippen LogP contribution in [-0.2, 0) is 9.53 Å². The molecule has 1 aliphatic carbocycles. The monoisotopic (exact) mass is 236 g/mol. The van der Waals surface area contributed by atoms with Crippen molar-refractivity contribution in [3.8, 4) is 6.07 Å². The zero-order chi connectivity index (χ0) is 12.3. The zero-order valence-electron chi connectivity index (χ0n) is 10.4. The maximum Gasteiger partial charge on any atom is 0.323 e. The molecule has 0 spiro atoms. The molecular formula is C13H20N2O2. The van der Waals surface area contributed by atoms with Gasteiger partial charge in [0.2, 0.25) is 0 Å². The number of hydrogen-bond donors (Lipinski definition) is 0. The number of rotatable bonds is 4. The lowest BCUT2D eigenvalue weighted by atomic mass is 9.97. The van der Waals surface area contributed by atoms with E-state index in [0.29, 0.717) is 6.42 Å². The highest BCUT2D eigenvalue weighted by Crippen LogP contribution is 2.49. The predicted octanol–water partition coefficient (Wildman–Crippen LogP) is 1.71. The van der Waals surface area contributed by atoms with E-state index in [0.717, 1.165) is 45.2 Å². The first-order chi connectivity index (χ1) is 8.21. The Morgan fingerprint density at radius 1 is 1.53 bits per heavy atom. The summed E-state index contributed by atoms with van der Waals surface area (Å²) >= 11 is 0. The van der Waals surface area contributed by atoms with Gasteiger partial charge in [0.1, 0.15) is 6.04 Å². The Hall–Kier alpha value is -1.08. The smallest absolute Gasteiger partial charge is 0.323 e. The van der Waals surface area contributed by atoms with Crippen LogP contribution in [0.25, 0.3) is 0 Å². The van der Waals surface area contributed by atoms with E-state index in [1.54, 1.807) is 0 Å². The summed E-state index contributed by atoms with van der Waals surface area (Å²) in [6.45, 7) is 1.85. The van der Waals surface area contributed by atoms with Gasteiger partial charge in [-0.3, -0.25) is 9.69 Å². The van der Waals surface area contributed by atoms with Gasteiger partial charge in [-0.05, 0) is 37.6 Å². The van der Waals surface area contributed by atoms with Gasteiger partial charge in [0.25, 0.3) is 0 Å². The fraction of sp³-hybridized carbons (Fsp3) is 0.846. The molecule has 2 aliphatic rings. The number of esters is 1. The van der Waals surface area contributed by atoms with Gasteiger partial charge in [-0.1, -0.05) is 6.42 Å². The fourth-order valence-electron chi connectivity index (χ4n) is 2.75. The summed E-state index contributed by atoms with van der Waals surface area (Å²) in [6, 6.07) is 2.20. The number of carbonyl (C=O) groups is 1. The van der Waals surface area contributed by atoms with E-state index >= 15 is 0 Å². The van der Waals surface area contributed by atoms with Crippen LogP contribution in [0.3, 0.4) is 0 Å². The van der Waals surface area contributed by atoms with E-state index in [4.69, 9.17) is 10.00 Å². The third kappa shape index (κ3) is 2.78. The van der Waals surface area contributed by atoms with Crippen molar-refractivity contribution in [2.24, 2.45) is 5.41 Å². The molecule has 1 aliphatic heterocycles. The number of piperidine rings is 1. The second-order valence-corrected chi connectivity index (χ2v) is 5.34. The average molecular weight is 236 g/mol. The second kappa shape index (κ2) is 5.05. The first-order valence-corrected chi connectivity index (χ1v) is 6.40. The SMILES string of the molecule is COC(=O)[C@H]1CCCCN1CC1(CC#N)CC1. The third-order valence-electron chi connectivity index (χ3n) is 4.04. The minimum absolute atomic E-state index is 0.0788. The number of carbonyl (C=O) groups excluding carboxylic acids is 1. The standard InChI is InChI=1S/C13H20N2O2/c1-17-12(16)11-4-2-3-9-15(11)10-13(5-6-13)7-8-14/h11H,2-7,9-10H2,1H3/t11-/m1/s1. The summed E-state index contributed by atoms with van der Waals surface area (Å²) in [4.78, 5) is 13.9. The van der Waals surface area contributed by atoms with E-state index in [1.807, 2.05) is 0 Å². The highest BCUT2D eigenvalue weighted by Gasteiger charge is 2.45. The average Bonchev–Trinajstić information content (AvgIpc) is 3.09. The normalized spacial score (nSPS) is 27.2. The molecule has 0 bridgehead atoms. The molecule has 4 nitrogen and oxygen atoms in total. The Morgan fingerprint density at radius 3 is 2.88 bits per heavy atom. The van der Waals surface area contributed by atoms with Crippen LogP contribution >= 0.6 is 0 Å². The van der Waals surface area contributed by atoms with Crippen molar-refractivity contribution in [1.82, 2.24) is 4.90 Å². The number of nitriles is 1. The van der Waals surface area contributed by atoms with E-state index in [-0.39, 0.29) is 17.4 Å². The van der Waals surface area contributed by atoms with Gasteiger partial charge in [-0.15, -0.1) is 0 Å². The lowest BCUT2D eigenvalue weighted by Crippen LogP contribution is -2.47. The Bertz CT molecular complexity index is 331. The largest absolute Gasteiger partial charge is 0.468 e. The second-order valence-electron chi connectivity index (χ2n) is 5.34. The molecule has 0 N–H and O–H groups in total. The molecule has 94 valence electrons. The number of ether oxygens (including phenoxy) is 1. The van der Waals surface area contributed by atoms with Crippen molar-refractivity contribution in [3.63, 3.8) is 0 Å². The molecule has 2 fully saturated rings. The highest BCUT2D eigenvalue weighted by atomic mass is 16.5. The summed E-state index contributed by atoms with van der Waals surface area (Å²) in [5.74, 6) is -0.113. The lowest BCUT2D eigenvalue weighted by molar-refractivity contribution is -0.148. The summed E-state index contributed by atoms with van der Waals surface area (Å²) in [7, 11) is 1.46. The van der Waals surface area contributed by atoms with E-state index in [1.165, 1.54) is 7.11 Å². The van der Waals surface area contributed by atoms with Crippen molar-refractivity contribution in [3.05, 3.63) is 0 Å². The van der Waals surface area contributed by atoms with E-state index in [2.05, 4.69) is 11.0 Å². The van der Waals surface area contributed by atoms with Crippen molar-refractivity contribution >= 4 is 5.97 Å². The zero-order valence-corrected chi connectivity index (χ0v) is 10.4. The molecule has 2 rings (SSSR count). The molecule has 0 aromatic heterocycles. The van der Waals surface area contributed by atoms with Crippen LogP contribution in [0.5, 0.6) is 0 Å². The maximum atomic E-state index is 11.7. The molecule has 1 saturated carbocycles. The van der Waals surface area contributed by atoms with Gasteiger partial charge in [0.15, 0.2) is 0 Å². The molecule has 1 heterocycles. The quantitative estimate of drug-likeness (QED) is 0.697. The summed E-state index contributed by atoms with van der Waals surface area (Å²) < 4.78 is 4.87. The molecule has 1 atom stereocenters. The molecular weight excluding hydrogens is 216 g/mol. The van der Waals surface area contributed by atoms with Crippen LogP contribution in [0.4, 0.5) is 0 Å². The first kappa shape index (κ1) is 12.4. The molecule has 0 aromatic rings. The summed E-state index contributed by atoms with van der Waals surface area (Å²) in [5.41, 5.74) is 0.179. The predicted molar refractivity (Wildman–Crippen MR) is 63.1 cm³/mol. The van der Waals surface area contributed by atoms with Gasteiger partial charge in [-0.2, -0.15) is 5.26 Å². The van der Waals surface area contributed by atoms with Crippen molar-refractivity contribution < 1.29 is 9.53 Å². The minimum Gasteiger partial charge on any atom is -0.468 e. The number of nitrogens with zero attached hydrogens (tertiary/aromatic N) is 2. The van der Waals surface area contributed by atoms with Crippen LogP contribution in [0.15, 0.2) is 0 Å². The van der Waals surface area contributed by atoms with Crippen LogP contribution in [0, 0.1) is 16.7 Å². The molecule has 0 aromatic carbocycles. The van der Waals surface area contributed by atoms with Crippen LogP contribution in [0.1, 0.15) is 38.5 Å². The summed E-state index contributed by atoms with van der Waals surface area (Å²) in [5, 5.41) is 8.83. The molecule has 1 saturated heterocycles. The lowest BCUT2D eigenvalue weighted by Gasteiger charge is -2.35. The first-order valence-electron chi connectivity index (χ1n) is 6.40. The minimum atomic E-state index is -0.113. The molecule has 17 heavy (non-hydrogen) atoms. The molecule has 0 amide bonds. The Labute approximate surface area is 103 Å². The van der Waals surface area contributed by atoms with E-state index in [9.17, 15) is 4.79 Å². The van der Waals surface area contributed by atoms with Gasteiger partial charge in [0.05, 0.1) is 13.2 Å². The molecule has 0 radical (unpaired) electrons. The Morgan fingerprint density at radius 2 is 2.29 bits per heavy atom. The Balaban J connectivity index is 1.97. The summed E-state index contributed by atoms with van der Waals surface area (Å²) in [6.07, 6.45) is 6.03. The topological polar surface area (TPSA) is 53.3 Å². The van der Waals surface area contributed by atoms with Gasteiger partial charge in [0, 0.05) is 13.0 Å². The van der Waals surface area contributed by atoms with Crippen molar-refractivity contribution in [2.45, 2.75) is 44.6 Å². The highest BCUT2D eigenvalue weighted by molar-refractivity contribution is 5.75. The van der Waals surface area contributed by atoms with Gasteiger partial charge in [-0.25, -0.2) is 0 Å². The van der Waals surface area contributed by atoms with Crippen LogP contribution in [-0.4, -0.2) is 37.1 Å². The van der Waals surface area contributed by atoms with E-state index < -0.39 is 0 Å². The number of hydrogen-bond acceptors (Lipinski definition) is 4. The number of methoxy groups -OCH3 is 1. The fourth-order valence-corrected chi connectivity index (χ4v) is 2.75. The van der Waals surface area contributed by atoms with Crippen LogP contribution < -0.4 is 0 Å². The van der Waals surface area contributed by atoms with Gasteiger partial charge >= 0.3 is 5.97 Å². The number of likely N-dealkylation sites (tertiary alicyclic amines) is 1. The van der Waals surface area contributed by atoms with Crippen molar-refractivity contribution in [1.29, 1.82) is 5.26 Å². The van der Waals surface area contributed by atoms with Crippen LogP contribution in [0.2, 0.25) is 0 Å². The van der Waals surface area contributed by atoms with Gasteiger partial charge < -0.3 is 4.74 Å². The maximum absolute atomic E-state index is 11.7.